The van der Waals surface area contributed by atoms with Crippen LogP contribution >= 0.6 is 0 Å². The van der Waals surface area contributed by atoms with Gasteiger partial charge in [-0.25, -0.2) is 0 Å². The molecule has 4 rings (SSSR count). The fraction of sp³-hybridized carbons (Fsp3) is 0.737. The molecule has 3 aliphatic rings. The number of carbonyl (C=O) groups is 2. The first-order valence-corrected chi connectivity index (χ1v) is 9.75. The van der Waals surface area contributed by atoms with Crippen LogP contribution in [0.15, 0.2) is 6.20 Å². The van der Waals surface area contributed by atoms with Crippen molar-refractivity contribution in [2.75, 3.05) is 32.8 Å². The highest BCUT2D eigenvalue weighted by Crippen LogP contribution is 2.40. The first-order chi connectivity index (χ1) is 12.5. The summed E-state index contributed by atoms with van der Waals surface area (Å²) in [5.41, 5.74) is 1.36. The van der Waals surface area contributed by atoms with Gasteiger partial charge in [-0.05, 0) is 39.0 Å². The van der Waals surface area contributed by atoms with E-state index in [0.717, 1.165) is 44.6 Å². The van der Waals surface area contributed by atoms with Gasteiger partial charge in [0, 0.05) is 31.7 Å². The summed E-state index contributed by atoms with van der Waals surface area (Å²) < 4.78 is 7.88. The minimum Gasteiger partial charge on any atom is -0.371 e. The molecule has 0 radical (unpaired) electrons. The number of aryl methyl sites for hydroxylation is 1. The summed E-state index contributed by atoms with van der Waals surface area (Å²) in [6.07, 6.45) is 5.38. The second-order valence-electron chi connectivity index (χ2n) is 7.98. The van der Waals surface area contributed by atoms with Crippen molar-refractivity contribution in [3.05, 3.63) is 17.5 Å². The van der Waals surface area contributed by atoms with Crippen molar-refractivity contribution in [2.24, 2.45) is 5.92 Å². The number of ether oxygens (including phenoxy) is 1. The minimum absolute atomic E-state index is 0.0352. The lowest BCUT2D eigenvalue weighted by atomic mass is 9.85. The van der Waals surface area contributed by atoms with E-state index in [4.69, 9.17) is 4.74 Å². The van der Waals surface area contributed by atoms with Crippen LogP contribution < -0.4 is 0 Å². The van der Waals surface area contributed by atoms with Gasteiger partial charge in [-0.2, -0.15) is 5.10 Å². The molecule has 1 aromatic rings. The standard InChI is InChI=1S/C19H28N4O3/c1-3-23-14(2)16(10-20-23)18(25)22-12-19(13-22)9-15(11-26-19)8-17(24)21-6-4-5-7-21/h10,15H,3-9,11-13H2,1-2H3. The molecule has 0 aromatic carbocycles. The molecule has 26 heavy (non-hydrogen) atoms. The molecular weight excluding hydrogens is 332 g/mol. The Kier molecular flexibility index (Phi) is 4.50. The third kappa shape index (κ3) is 3.02. The fourth-order valence-electron chi connectivity index (χ4n) is 4.57. The van der Waals surface area contributed by atoms with Crippen LogP contribution in [0, 0.1) is 12.8 Å². The Hall–Kier alpha value is -1.89. The van der Waals surface area contributed by atoms with E-state index in [0.29, 0.717) is 31.7 Å². The largest absolute Gasteiger partial charge is 0.371 e. The molecule has 4 heterocycles. The molecule has 0 aliphatic carbocycles. The number of aromatic nitrogens is 2. The zero-order chi connectivity index (χ0) is 18.3. The van der Waals surface area contributed by atoms with Crippen LogP contribution in [-0.4, -0.2) is 69.8 Å². The second kappa shape index (κ2) is 6.68. The van der Waals surface area contributed by atoms with Crippen molar-refractivity contribution in [3.63, 3.8) is 0 Å². The highest BCUT2D eigenvalue weighted by Gasteiger charge is 2.51. The van der Waals surface area contributed by atoms with Crippen molar-refractivity contribution in [3.8, 4) is 0 Å². The van der Waals surface area contributed by atoms with Gasteiger partial charge in [0.2, 0.25) is 5.91 Å². The normalized spacial score (nSPS) is 24.3. The number of rotatable bonds is 4. The lowest BCUT2D eigenvalue weighted by molar-refractivity contribution is -0.131. The Balaban J connectivity index is 1.30. The van der Waals surface area contributed by atoms with E-state index < -0.39 is 0 Å². The molecule has 1 aromatic heterocycles. The molecule has 142 valence electrons. The molecule has 0 bridgehead atoms. The number of amides is 2. The fourth-order valence-corrected chi connectivity index (χ4v) is 4.57. The smallest absolute Gasteiger partial charge is 0.257 e. The van der Waals surface area contributed by atoms with Gasteiger partial charge in [-0.3, -0.25) is 14.3 Å². The summed E-state index contributed by atoms with van der Waals surface area (Å²) in [5, 5.41) is 4.26. The summed E-state index contributed by atoms with van der Waals surface area (Å²) in [7, 11) is 0. The van der Waals surface area contributed by atoms with Crippen LogP contribution in [0.5, 0.6) is 0 Å². The molecule has 0 saturated carbocycles. The molecule has 1 spiro atoms. The van der Waals surface area contributed by atoms with Crippen molar-refractivity contribution in [2.45, 2.75) is 51.7 Å². The van der Waals surface area contributed by atoms with Gasteiger partial charge < -0.3 is 14.5 Å². The van der Waals surface area contributed by atoms with Gasteiger partial charge >= 0.3 is 0 Å². The highest BCUT2D eigenvalue weighted by molar-refractivity contribution is 5.95. The molecule has 1 atom stereocenters. The third-order valence-corrected chi connectivity index (χ3v) is 6.09. The Labute approximate surface area is 154 Å². The monoisotopic (exact) mass is 360 g/mol. The molecule has 3 fully saturated rings. The predicted octanol–water partition coefficient (Wildman–Crippen LogP) is 1.46. The van der Waals surface area contributed by atoms with Crippen LogP contribution in [0.25, 0.3) is 0 Å². The van der Waals surface area contributed by atoms with E-state index in [1.54, 1.807) is 6.20 Å². The second-order valence-corrected chi connectivity index (χ2v) is 7.98. The summed E-state index contributed by atoms with van der Waals surface area (Å²) in [5.74, 6) is 0.584. The molecule has 3 saturated heterocycles. The van der Waals surface area contributed by atoms with E-state index in [1.165, 1.54) is 0 Å². The van der Waals surface area contributed by atoms with E-state index in [9.17, 15) is 9.59 Å². The predicted molar refractivity (Wildman–Crippen MR) is 95.8 cm³/mol. The van der Waals surface area contributed by atoms with Crippen LogP contribution in [-0.2, 0) is 16.1 Å². The average molecular weight is 360 g/mol. The molecule has 7 nitrogen and oxygen atoms in total. The van der Waals surface area contributed by atoms with Crippen LogP contribution in [0.3, 0.4) is 0 Å². The van der Waals surface area contributed by atoms with Crippen molar-refractivity contribution >= 4 is 11.8 Å². The van der Waals surface area contributed by atoms with E-state index in [-0.39, 0.29) is 23.3 Å². The van der Waals surface area contributed by atoms with Gasteiger partial charge in [0.15, 0.2) is 0 Å². The van der Waals surface area contributed by atoms with Crippen molar-refractivity contribution < 1.29 is 14.3 Å². The van der Waals surface area contributed by atoms with Gasteiger partial charge in [-0.1, -0.05) is 0 Å². The average Bonchev–Trinajstić information content (AvgIpc) is 3.32. The Morgan fingerprint density at radius 1 is 1.27 bits per heavy atom. The number of likely N-dealkylation sites (tertiary alicyclic amines) is 2. The van der Waals surface area contributed by atoms with Crippen molar-refractivity contribution in [1.29, 1.82) is 0 Å². The molecule has 7 heteroatoms. The molecule has 3 aliphatic heterocycles. The van der Waals surface area contributed by atoms with Gasteiger partial charge in [-0.15, -0.1) is 0 Å². The van der Waals surface area contributed by atoms with Gasteiger partial charge in [0.05, 0.1) is 31.5 Å². The zero-order valence-corrected chi connectivity index (χ0v) is 15.7. The molecule has 2 amide bonds. The maximum absolute atomic E-state index is 12.7. The topological polar surface area (TPSA) is 67.7 Å². The van der Waals surface area contributed by atoms with Crippen LogP contribution in [0.2, 0.25) is 0 Å². The highest BCUT2D eigenvalue weighted by atomic mass is 16.5. The summed E-state index contributed by atoms with van der Waals surface area (Å²) >= 11 is 0. The van der Waals surface area contributed by atoms with E-state index in [1.807, 2.05) is 28.3 Å². The Morgan fingerprint density at radius 2 is 2.00 bits per heavy atom. The number of nitrogens with zero attached hydrogens (tertiary/aromatic N) is 4. The first-order valence-electron chi connectivity index (χ1n) is 9.75. The summed E-state index contributed by atoms with van der Waals surface area (Å²) in [6.45, 7) is 8.41. The zero-order valence-electron chi connectivity index (χ0n) is 15.7. The number of hydrogen-bond donors (Lipinski definition) is 0. The van der Waals surface area contributed by atoms with Crippen molar-refractivity contribution in [1.82, 2.24) is 19.6 Å². The quantitative estimate of drug-likeness (QED) is 0.815. The SMILES string of the molecule is CCn1ncc(C(=O)N2CC3(CC(CC(=O)N4CCCC4)CO3)C2)c1C. The lowest BCUT2D eigenvalue weighted by Gasteiger charge is -2.47. The molecular formula is C19H28N4O3. The number of hydrogen-bond acceptors (Lipinski definition) is 4. The summed E-state index contributed by atoms with van der Waals surface area (Å²) in [6, 6.07) is 0. The minimum atomic E-state index is -0.236. The lowest BCUT2D eigenvalue weighted by Crippen LogP contribution is -2.63. The van der Waals surface area contributed by atoms with Crippen LogP contribution in [0.1, 0.15) is 48.7 Å². The first kappa shape index (κ1) is 17.5. The van der Waals surface area contributed by atoms with Gasteiger partial charge in [0.25, 0.3) is 5.91 Å². The maximum Gasteiger partial charge on any atom is 0.257 e. The maximum atomic E-state index is 12.7. The Bertz CT molecular complexity index is 702. The third-order valence-electron chi connectivity index (χ3n) is 6.09. The van der Waals surface area contributed by atoms with Crippen LogP contribution in [0.4, 0.5) is 0 Å². The number of carbonyl (C=O) groups excluding carboxylic acids is 2. The van der Waals surface area contributed by atoms with E-state index in [2.05, 4.69) is 5.10 Å². The summed E-state index contributed by atoms with van der Waals surface area (Å²) in [4.78, 5) is 28.9. The van der Waals surface area contributed by atoms with Gasteiger partial charge in [0.1, 0.15) is 5.60 Å². The molecule has 1 unspecified atom stereocenters. The van der Waals surface area contributed by atoms with E-state index >= 15 is 0 Å². The molecule has 0 N–H and O–H groups in total. The Morgan fingerprint density at radius 3 is 2.65 bits per heavy atom.